The topological polar surface area (TPSA) is 41.6 Å². The second-order valence-corrected chi connectivity index (χ2v) is 2.08. The van der Waals surface area contributed by atoms with Gasteiger partial charge in [0, 0.05) is 12.1 Å². The highest BCUT2D eigenvalue weighted by Crippen LogP contribution is 2.12. The summed E-state index contributed by atoms with van der Waals surface area (Å²) in [5.41, 5.74) is 0.646. The van der Waals surface area contributed by atoms with Crippen molar-refractivity contribution >= 4 is 11.0 Å². The predicted molar refractivity (Wildman–Crippen MR) is 33.8 cm³/mol. The second-order valence-electron chi connectivity index (χ2n) is 2.08. The zero-order chi connectivity index (χ0) is 7.84. The molecule has 2 rings (SSSR count). The van der Waals surface area contributed by atoms with Crippen LogP contribution in [0.4, 0.5) is 8.78 Å². The van der Waals surface area contributed by atoms with Gasteiger partial charge in [0.25, 0.3) is 0 Å². The highest BCUT2D eigenvalue weighted by atomic mass is 19.2. The lowest BCUT2D eigenvalue weighted by atomic mass is 10.3. The van der Waals surface area contributed by atoms with Crippen LogP contribution >= 0.6 is 0 Å². The molecule has 1 aromatic carbocycles. The molecule has 0 aliphatic rings. The quantitative estimate of drug-likeness (QED) is 0.621. The van der Waals surface area contributed by atoms with E-state index in [4.69, 9.17) is 0 Å². The third kappa shape index (κ3) is 0.849. The molecule has 0 aliphatic heterocycles. The molecule has 5 heteroatoms. The molecule has 11 heavy (non-hydrogen) atoms. The summed E-state index contributed by atoms with van der Waals surface area (Å²) >= 11 is 0. The summed E-state index contributed by atoms with van der Waals surface area (Å²) in [4.78, 5) is 0. The first kappa shape index (κ1) is 6.21. The van der Waals surface area contributed by atoms with E-state index in [1.54, 1.807) is 0 Å². The number of fused-ring (bicyclic) bond motifs is 1. The van der Waals surface area contributed by atoms with Gasteiger partial charge in [-0.25, -0.2) is 8.78 Å². The molecular weight excluding hydrogens is 152 g/mol. The molecule has 0 saturated heterocycles. The first-order valence-electron chi connectivity index (χ1n) is 2.93. The fourth-order valence-corrected chi connectivity index (χ4v) is 0.838. The molecule has 0 saturated carbocycles. The van der Waals surface area contributed by atoms with Gasteiger partial charge in [-0.05, 0) is 0 Å². The molecule has 1 heterocycles. The van der Waals surface area contributed by atoms with Crippen LogP contribution in [-0.2, 0) is 0 Å². The number of aromatic amines is 1. The van der Waals surface area contributed by atoms with Crippen molar-refractivity contribution in [2.24, 2.45) is 0 Å². The monoisotopic (exact) mass is 155 g/mol. The third-order valence-corrected chi connectivity index (χ3v) is 1.36. The van der Waals surface area contributed by atoms with Crippen molar-refractivity contribution < 1.29 is 8.78 Å². The third-order valence-electron chi connectivity index (χ3n) is 1.36. The summed E-state index contributed by atoms with van der Waals surface area (Å²) in [6.45, 7) is 0. The Kier molecular flexibility index (Phi) is 1.12. The molecule has 56 valence electrons. The van der Waals surface area contributed by atoms with Crippen LogP contribution in [0.1, 0.15) is 0 Å². The smallest absolute Gasteiger partial charge is 0.161 e. The molecule has 0 aliphatic carbocycles. The van der Waals surface area contributed by atoms with Crippen LogP contribution in [0.5, 0.6) is 0 Å². The van der Waals surface area contributed by atoms with Crippen LogP contribution in [0.3, 0.4) is 0 Å². The molecule has 0 amide bonds. The van der Waals surface area contributed by atoms with Gasteiger partial charge in [-0.3, -0.25) is 0 Å². The van der Waals surface area contributed by atoms with Gasteiger partial charge in [-0.2, -0.15) is 15.4 Å². The highest BCUT2D eigenvalue weighted by Gasteiger charge is 2.05. The summed E-state index contributed by atoms with van der Waals surface area (Å²) in [5.74, 6) is -1.82. The Morgan fingerprint density at radius 1 is 1.00 bits per heavy atom. The maximum atomic E-state index is 12.5. The first-order chi connectivity index (χ1) is 5.27. The molecule has 2 aromatic rings. The number of nitrogens with one attached hydrogen (secondary N) is 1. The van der Waals surface area contributed by atoms with Crippen LogP contribution < -0.4 is 0 Å². The minimum Gasteiger partial charge on any atom is -0.204 e. The van der Waals surface area contributed by atoms with Crippen LogP contribution in [0.15, 0.2) is 12.1 Å². The predicted octanol–water partition coefficient (Wildman–Crippen LogP) is 1.24. The maximum Gasteiger partial charge on any atom is 0.161 e. The van der Waals surface area contributed by atoms with E-state index in [0.29, 0.717) is 11.0 Å². The lowest BCUT2D eigenvalue weighted by Gasteiger charge is -1.88. The van der Waals surface area contributed by atoms with Crippen molar-refractivity contribution in [1.82, 2.24) is 15.4 Å². The molecule has 0 fully saturated rings. The number of halogens is 2. The van der Waals surface area contributed by atoms with Crippen LogP contribution in [0.25, 0.3) is 11.0 Å². The number of H-pyrrole nitrogens is 1. The van der Waals surface area contributed by atoms with E-state index in [2.05, 4.69) is 15.4 Å². The molecule has 0 atom stereocenters. The van der Waals surface area contributed by atoms with Gasteiger partial charge in [-0.1, -0.05) is 0 Å². The Morgan fingerprint density at radius 3 is 1.91 bits per heavy atom. The number of benzene rings is 1. The van der Waals surface area contributed by atoms with Gasteiger partial charge in [0.05, 0.1) is 0 Å². The number of rotatable bonds is 0. The average Bonchev–Trinajstić information content (AvgIpc) is 2.36. The average molecular weight is 155 g/mol. The maximum absolute atomic E-state index is 12.5. The van der Waals surface area contributed by atoms with Crippen molar-refractivity contribution in [3.8, 4) is 0 Å². The van der Waals surface area contributed by atoms with Gasteiger partial charge in [0.15, 0.2) is 11.6 Å². The Bertz CT molecular complexity index is 360. The van der Waals surface area contributed by atoms with E-state index < -0.39 is 11.6 Å². The Hall–Kier alpha value is -1.52. The van der Waals surface area contributed by atoms with Gasteiger partial charge in [0.2, 0.25) is 0 Å². The summed E-state index contributed by atoms with van der Waals surface area (Å²) in [6, 6.07) is 1.99. The number of nitrogens with zero attached hydrogens (tertiary/aromatic N) is 2. The number of hydrogen-bond donors (Lipinski definition) is 1. The molecule has 0 radical (unpaired) electrons. The van der Waals surface area contributed by atoms with Gasteiger partial charge in [-0.15, -0.1) is 0 Å². The fourth-order valence-electron chi connectivity index (χ4n) is 0.838. The first-order valence-corrected chi connectivity index (χ1v) is 2.93. The van der Waals surface area contributed by atoms with E-state index in [1.165, 1.54) is 0 Å². The Balaban J connectivity index is 2.86. The minimum atomic E-state index is -0.911. The van der Waals surface area contributed by atoms with E-state index in [0.717, 1.165) is 12.1 Å². The van der Waals surface area contributed by atoms with Gasteiger partial charge < -0.3 is 0 Å². The second kappa shape index (κ2) is 1.98. The van der Waals surface area contributed by atoms with E-state index in [1.807, 2.05) is 0 Å². The van der Waals surface area contributed by atoms with Crippen molar-refractivity contribution in [2.75, 3.05) is 0 Å². The SMILES string of the molecule is Fc1cc2n[nH]nc2cc1F. The van der Waals surface area contributed by atoms with E-state index in [-0.39, 0.29) is 0 Å². The lowest BCUT2D eigenvalue weighted by molar-refractivity contribution is 0.510. The summed E-state index contributed by atoms with van der Waals surface area (Å²) in [6.07, 6.45) is 0. The molecule has 0 spiro atoms. The van der Waals surface area contributed by atoms with Crippen molar-refractivity contribution in [3.63, 3.8) is 0 Å². The van der Waals surface area contributed by atoms with Crippen molar-refractivity contribution in [1.29, 1.82) is 0 Å². The standard InChI is InChI=1S/C6H3F2N3/c7-3-1-5-6(2-4(3)8)10-11-9-5/h1-2H,(H,9,10,11). The van der Waals surface area contributed by atoms with Crippen LogP contribution in [-0.4, -0.2) is 15.4 Å². The highest BCUT2D eigenvalue weighted by molar-refractivity contribution is 5.73. The lowest BCUT2D eigenvalue weighted by Crippen LogP contribution is -1.82. The van der Waals surface area contributed by atoms with Crippen LogP contribution in [0.2, 0.25) is 0 Å². The Labute approximate surface area is 60.0 Å². The fraction of sp³-hybridized carbons (Fsp3) is 0. The largest absolute Gasteiger partial charge is 0.204 e. The van der Waals surface area contributed by atoms with E-state index in [9.17, 15) is 8.78 Å². The summed E-state index contributed by atoms with van der Waals surface area (Å²) < 4.78 is 24.9. The summed E-state index contributed by atoms with van der Waals surface area (Å²) in [5, 5.41) is 9.41. The molecule has 1 N–H and O–H groups in total. The molecule has 3 nitrogen and oxygen atoms in total. The van der Waals surface area contributed by atoms with Crippen molar-refractivity contribution in [3.05, 3.63) is 23.8 Å². The van der Waals surface area contributed by atoms with E-state index >= 15 is 0 Å². The minimum absolute atomic E-state index is 0.323. The normalized spacial score (nSPS) is 10.7. The zero-order valence-corrected chi connectivity index (χ0v) is 5.31. The number of hydrogen-bond acceptors (Lipinski definition) is 2. The van der Waals surface area contributed by atoms with Crippen molar-refractivity contribution in [2.45, 2.75) is 0 Å². The van der Waals surface area contributed by atoms with Gasteiger partial charge >= 0.3 is 0 Å². The zero-order valence-electron chi connectivity index (χ0n) is 5.31. The molecule has 0 unspecified atom stereocenters. The molecular formula is C6H3F2N3. The summed E-state index contributed by atoms with van der Waals surface area (Å²) in [7, 11) is 0. The molecule has 1 aromatic heterocycles. The van der Waals surface area contributed by atoms with Crippen LogP contribution in [0, 0.1) is 11.6 Å². The number of aromatic nitrogens is 3. The Morgan fingerprint density at radius 2 is 1.45 bits per heavy atom. The van der Waals surface area contributed by atoms with Gasteiger partial charge in [0.1, 0.15) is 11.0 Å². The molecule has 0 bridgehead atoms.